The minimum atomic E-state index is -0.538. The van der Waals surface area contributed by atoms with Gasteiger partial charge in [0.15, 0.2) is 0 Å². The molecule has 2 amide bonds. The van der Waals surface area contributed by atoms with Gasteiger partial charge in [0.2, 0.25) is 5.43 Å². The van der Waals surface area contributed by atoms with Crippen molar-refractivity contribution in [2.45, 2.75) is 47.2 Å². The molecule has 0 saturated heterocycles. The van der Waals surface area contributed by atoms with Gasteiger partial charge in [-0.1, -0.05) is 43.7 Å². The Labute approximate surface area is 172 Å². The van der Waals surface area contributed by atoms with Crippen molar-refractivity contribution in [1.29, 1.82) is 0 Å². The maximum Gasteiger partial charge on any atom is 0.259 e. The average molecular weight is 398 g/mol. The summed E-state index contributed by atoms with van der Waals surface area (Å²) in [6.45, 7) is 10.7. The highest BCUT2D eigenvalue weighted by Gasteiger charge is 2.22. The lowest BCUT2D eigenvalue weighted by atomic mass is 10.1. The summed E-state index contributed by atoms with van der Waals surface area (Å²) >= 11 is 0. The van der Waals surface area contributed by atoms with Crippen LogP contribution in [-0.4, -0.2) is 34.9 Å². The lowest BCUT2D eigenvalue weighted by molar-refractivity contribution is 0.0777. The summed E-state index contributed by atoms with van der Waals surface area (Å²) in [5.41, 5.74) is 1.51. The number of hydrogen-bond donors (Lipinski definition) is 1. The van der Waals surface area contributed by atoms with Crippen LogP contribution in [0.2, 0.25) is 0 Å². The summed E-state index contributed by atoms with van der Waals surface area (Å²) in [5, 5.41) is 2.80. The molecule has 6 heteroatoms. The second-order valence-electron chi connectivity index (χ2n) is 8.21. The third-order valence-electron chi connectivity index (χ3n) is 4.64. The first kappa shape index (κ1) is 22.4. The fourth-order valence-corrected chi connectivity index (χ4v) is 3.15. The van der Waals surface area contributed by atoms with Crippen molar-refractivity contribution in [3.8, 4) is 0 Å². The van der Waals surface area contributed by atoms with Crippen LogP contribution >= 0.6 is 0 Å². The highest BCUT2D eigenvalue weighted by molar-refractivity contribution is 5.99. The van der Waals surface area contributed by atoms with Gasteiger partial charge in [-0.2, -0.15) is 0 Å². The van der Waals surface area contributed by atoms with Gasteiger partial charge in [0.1, 0.15) is 11.1 Å². The number of rotatable bonds is 7. The van der Waals surface area contributed by atoms with Crippen molar-refractivity contribution in [2.75, 3.05) is 13.6 Å². The second-order valence-corrected chi connectivity index (χ2v) is 8.21. The van der Waals surface area contributed by atoms with Crippen LogP contribution < -0.4 is 10.7 Å². The van der Waals surface area contributed by atoms with Crippen LogP contribution in [0.25, 0.3) is 0 Å². The number of aryl methyl sites for hydroxylation is 1. The monoisotopic (exact) mass is 397 g/mol. The Bertz CT molecular complexity index is 945. The molecule has 0 fully saturated rings. The number of benzene rings is 1. The van der Waals surface area contributed by atoms with Crippen molar-refractivity contribution < 1.29 is 9.59 Å². The zero-order chi connectivity index (χ0) is 21.7. The van der Waals surface area contributed by atoms with E-state index in [1.54, 1.807) is 17.8 Å². The van der Waals surface area contributed by atoms with Gasteiger partial charge < -0.3 is 14.8 Å². The van der Waals surface area contributed by atoms with Gasteiger partial charge in [-0.05, 0) is 32.3 Å². The fraction of sp³-hybridized carbons (Fsp3) is 0.435. The SMILES string of the molecule is Cc1cccc(CNC(=O)c2cn(C(C)C)cc(C(=O)N(C)CC(C)C)c2=O)c1. The van der Waals surface area contributed by atoms with E-state index in [1.807, 2.05) is 58.9 Å². The quantitative estimate of drug-likeness (QED) is 0.778. The molecule has 0 aliphatic rings. The largest absolute Gasteiger partial charge is 0.350 e. The molecule has 156 valence electrons. The highest BCUT2D eigenvalue weighted by atomic mass is 16.2. The zero-order valence-corrected chi connectivity index (χ0v) is 18.2. The molecule has 0 saturated carbocycles. The van der Waals surface area contributed by atoms with Gasteiger partial charge in [0, 0.05) is 38.6 Å². The van der Waals surface area contributed by atoms with E-state index in [4.69, 9.17) is 0 Å². The molecule has 1 heterocycles. The summed E-state index contributed by atoms with van der Waals surface area (Å²) in [5.74, 6) is -0.574. The normalized spacial score (nSPS) is 11.0. The molecule has 0 radical (unpaired) electrons. The fourth-order valence-electron chi connectivity index (χ4n) is 3.15. The van der Waals surface area contributed by atoms with Crippen LogP contribution in [0.15, 0.2) is 41.5 Å². The van der Waals surface area contributed by atoms with E-state index >= 15 is 0 Å². The topological polar surface area (TPSA) is 71.4 Å². The number of carbonyl (C=O) groups excluding carboxylic acids is 2. The Kier molecular flexibility index (Phi) is 7.37. The lowest BCUT2D eigenvalue weighted by Gasteiger charge is -2.21. The van der Waals surface area contributed by atoms with E-state index in [2.05, 4.69) is 5.32 Å². The number of nitrogens with one attached hydrogen (secondary N) is 1. The van der Waals surface area contributed by atoms with Crippen LogP contribution in [0.3, 0.4) is 0 Å². The summed E-state index contributed by atoms with van der Waals surface area (Å²) in [7, 11) is 1.67. The molecule has 0 aliphatic heterocycles. The van der Waals surface area contributed by atoms with Gasteiger partial charge in [0.25, 0.3) is 11.8 Å². The summed E-state index contributed by atoms with van der Waals surface area (Å²) in [6.07, 6.45) is 3.07. The molecule has 2 rings (SSSR count). The Balaban J connectivity index is 2.35. The van der Waals surface area contributed by atoms with Crippen LogP contribution in [0.4, 0.5) is 0 Å². The van der Waals surface area contributed by atoms with Crippen LogP contribution in [0.1, 0.15) is 65.6 Å². The van der Waals surface area contributed by atoms with Gasteiger partial charge in [-0.3, -0.25) is 14.4 Å². The lowest BCUT2D eigenvalue weighted by Crippen LogP contribution is -2.37. The zero-order valence-electron chi connectivity index (χ0n) is 18.2. The predicted octanol–water partition coefficient (Wildman–Crippen LogP) is 3.40. The van der Waals surface area contributed by atoms with E-state index in [9.17, 15) is 14.4 Å². The molecule has 0 aliphatic carbocycles. The molecule has 1 N–H and O–H groups in total. The standard InChI is InChI=1S/C23H31N3O3/c1-15(2)12-25(6)23(29)20-14-26(16(3)4)13-19(21(20)27)22(28)24-11-18-9-7-8-17(5)10-18/h7-10,13-16H,11-12H2,1-6H3,(H,24,28). The number of hydrogen-bond acceptors (Lipinski definition) is 3. The predicted molar refractivity (Wildman–Crippen MR) is 115 cm³/mol. The Morgan fingerprint density at radius 2 is 1.76 bits per heavy atom. The van der Waals surface area contributed by atoms with Crippen LogP contribution in [0, 0.1) is 12.8 Å². The average Bonchev–Trinajstić information content (AvgIpc) is 2.65. The van der Waals surface area contributed by atoms with Gasteiger partial charge >= 0.3 is 0 Å². The minimum absolute atomic E-state index is 0.000813. The molecule has 0 unspecified atom stereocenters. The van der Waals surface area contributed by atoms with Crippen molar-refractivity contribution >= 4 is 11.8 Å². The third kappa shape index (κ3) is 5.79. The smallest absolute Gasteiger partial charge is 0.259 e. The molecule has 0 atom stereocenters. The van der Waals surface area contributed by atoms with Crippen molar-refractivity contribution in [2.24, 2.45) is 5.92 Å². The van der Waals surface area contributed by atoms with Gasteiger partial charge in [0.05, 0.1) is 0 Å². The summed E-state index contributed by atoms with van der Waals surface area (Å²) < 4.78 is 1.74. The van der Waals surface area contributed by atoms with Gasteiger partial charge in [-0.15, -0.1) is 0 Å². The van der Waals surface area contributed by atoms with Crippen molar-refractivity contribution in [3.63, 3.8) is 0 Å². The van der Waals surface area contributed by atoms with E-state index in [0.29, 0.717) is 13.1 Å². The number of carbonyl (C=O) groups is 2. The summed E-state index contributed by atoms with van der Waals surface area (Å²) in [6, 6.07) is 7.80. The Hall–Kier alpha value is -2.89. The van der Waals surface area contributed by atoms with E-state index in [-0.39, 0.29) is 29.0 Å². The molecule has 0 spiro atoms. The second kappa shape index (κ2) is 9.54. The first-order chi connectivity index (χ1) is 13.6. The summed E-state index contributed by atoms with van der Waals surface area (Å²) in [4.78, 5) is 40.1. The maximum atomic E-state index is 13.0. The van der Waals surface area contributed by atoms with E-state index in [0.717, 1.165) is 11.1 Å². The third-order valence-corrected chi connectivity index (χ3v) is 4.64. The van der Waals surface area contributed by atoms with Gasteiger partial charge in [-0.25, -0.2) is 0 Å². The molecular formula is C23H31N3O3. The van der Waals surface area contributed by atoms with Crippen molar-refractivity contribution in [1.82, 2.24) is 14.8 Å². The molecular weight excluding hydrogens is 366 g/mol. The van der Waals surface area contributed by atoms with E-state index in [1.165, 1.54) is 11.1 Å². The number of pyridine rings is 1. The highest BCUT2D eigenvalue weighted by Crippen LogP contribution is 2.10. The molecule has 2 aromatic rings. The Morgan fingerprint density at radius 3 is 2.34 bits per heavy atom. The molecule has 29 heavy (non-hydrogen) atoms. The molecule has 6 nitrogen and oxygen atoms in total. The molecule has 0 bridgehead atoms. The maximum absolute atomic E-state index is 13.0. The first-order valence-electron chi connectivity index (χ1n) is 9.95. The molecule has 1 aromatic carbocycles. The number of amides is 2. The van der Waals surface area contributed by atoms with E-state index < -0.39 is 11.3 Å². The number of aromatic nitrogens is 1. The minimum Gasteiger partial charge on any atom is -0.350 e. The van der Waals surface area contributed by atoms with Crippen LogP contribution in [-0.2, 0) is 6.54 Å². The van der Waals surface area contributed by atoms with Crippen molar-refractivity contribution in [3.05, 3.63) is 69.1 Å². The van der Waals surface area contributed by atoms with Crippen LogP contribution in [0.5, 0.6) is 0 Å². The Morgan fingerprint density at radius 1 is 1.10 bits per heavy atom. The first-order valence-corrected chi connectivity index (χ1v) is 9.95. The molecule has 1 aromatic heterocycles. The number of nitrogens with zero attached hydrogens (tertiary/aromatic N) is 2.